The first-order valence-electron chi connectivity index (χ1n) is 10.2. The summed E-state index contributed by atoms with van der Waals surface area (Å²) in [7, 11) is 0. The van der Waals surface area contributed by atoms with Crippen molar-refractivity contribution < 1.29 is 19.8 Å². The van der Waals surface area contributed by atoms with Crippen LogP contribution < -0.4 is 0 Å². The fourth-order valence-corrected chi connectivity index (χ4v) is 4.38. The van der Waals surface area contributed by atoms with Crippen molar-refractivity contribution in [1.29, 1.82) is 0 Å². The number of carbonyl (C=O) groups is 2. The zero-order valence-electron chi connectivity index (χ0n) is 18.0. The van der Waals surface area contributed by atoms with Crippen LogP contribution in [0.5, 0.6) is 0 Å². The Morgan fingerprint density at radius 1 is 0.800 bits per heavy atom. The summed E-state index contributed by atoms with van der Waals surface area (Å²) in [5, 5.41) is 19.3. The van der Waals surface area contributed by atoms with E-state index in [1.54, 1.807) is 0 Å². The zero-order chi connectivity index (χ0) is 22.2. The normalized spacial score (nSPS) is 11.3. The minimum Gasteiger partial charge on any atom is -0.477 e. The number of aromatic carboxylic acids is 2. The highest BCUT2D eigenvalue weighted by Gasteiger charge is 2.30. The first kappa shape index (κ1) is 21.4. The predicted octanol–water partition coefficient (Wildman–Crippen LogP) is 4.97. The molecule has 0 aliphatic carbocycles. The number of hydrogen-bond donors (Lipinski definition) is 4. The predicted molar refractivity (Wildman–Crippen MR) is 116 cm³/mol. The maximum Gasteiger partial charge on any atom is 0.352 e. The van der Waals surface area contributed by atoms with Crippen molar-refractivity contribution in [2.24, 2.45) is 0 Å². The van der Waals surface area contributed by atoms with E-state index in [1.807, 2.05) is 58.9 Å². The van der Waals surface area contributed by atoms with Gasteiger partial charge in [-0.25, -0.2) is 9.59 Å². The second-order valence-electron chi connectivity index (χ2n) is 7.70. The topological polar surface area (TPSA) is 106 Å². The van der Waals surface area contributed by atoms with Crippen LogP contribution in [0.3, 0.4) is 0 Å². The molecule has 0 bridgehead atoms. The monoisotopic (exact) mass is 408 g/mol. The van der Waals surface area contributed by atoms with Crippen molar-refractivity contribution in [2.75, 3.05) is 0 Å². The molecule has 0 amide bonds. The summed E-state index contributed by atoms with van der Waals surface area (Å²) in [6, 6.07) is 8.07. The molecule has 0 spiro atoms. The van der Waals surface area contributed by atoms with Gasteiger partial charge in [0, 0.05) is 11.4 Å². The van der Waals surface area contributed by atoms with Gasteiger partial charge in [-0.15, -0.1) is 0 Å². The molecule has 0 saturated carbocycles. The molecule has 0 aliphatic heterocycles. The van der Waals surface area contributed by atoms with E-state index in [9.17, 15) is 19.8 Å². The quantitative estimate of drug-likeness (QED) is 0.443. The smallest absolute Gasteiger partial charge is 0.352 e. The summed E-state index contributed by atoms with van der Waals surface area (Å²) >= 11 is 0. The molecular formula is C24H28N2O4. The van der Waals surface area contributed by atoms with Crippen LogP contribution in [0.15, 0.2) is 24.3 Å². The van der Waals surface area contributed by atoms with Crippen molar-refractivity contribution in [3.8, 4) is 0 Å². The summed E-state index contributed by atoms with van der Waals surface area (Å²) in [5.74, 6) is -2.32. The number of H-pyrrole nitrogens is 2. The molecule has 0 atom stereocenters. The van der Waals surface area contributed by atoms with Crippen molar-refractivity contribution in [3.63, 3.8) is 0 Å². The van der Waals surface area contributed by atoms with E-state index in [-0.39, 0.29) is 17.3 Å². The molecule has 3 rings (SSSR count). The first-order valence-corrected chi connectivity index (χ1v) is 10.2. The Morgan fingerprint density at radius 3 is 1.53 bits per heavy atom. The largest absolute Gasteiger partial charge is 0.477 e. The third-order valence-electron chi connectivity index (χ3n) is 5.95. The summed E-state index contributed by atoms with van der Waals surface area (Å²) in [6.45, 7) is 9.65. The highest BCUT2D eigenvalue weighted by Crippen LogP contribution is 2.38. The van der Waals surface area contributed by atoms with E-state index in [0.717, 1.165) is 44.8 Å². The fraction of sp³-hybridized carbons (Fsp3) is 0.333. The molecule has 0 unspecified atom stereocenters. The zero-order valence-corrected chi connectivity index (χ0v) is 18.0. The molecule has 6 nitrogen and oxygen atoms in total. The number of aromatic amines is 2. The van der Waals surface area contributed by atoms with Gasteiger partial charge < -0.3 is 20.2 Å². The number of hydrogen-bond acceptors (Lipinski definition) is 2. The van der Waals surface area contributed by atoms with E-state index >= 15 is 0 Å². The fourth-order valence-electron chi connectivity index (χ4n) is 4.38. The minimum absolute atomic E-state index is 0.179. The molecule has 6 heteroatoms. The average molecular weight is 408 g/mol. The third-order valence-corrected chi connectivity index (χ3v) is 5.95. The number of benzene rings is 1. The molecule has 2 aromatic heterocycles. The lowest BCUT2D eigenvalue weighted by atomic mass is 9.86. The molecule has 3 aromatic rings. The van der Waals surface area contributed by atoms with Crippen molar-refractivity contribution in [1.82, 2.24) is 9.97 Å². The van der Waals surface area contributed by atoms with E-state index < -0.39 is 11.9 Å². The number of carboxylic acids is 2. The number of carboxylic acid groups (broad SMARTS) is 2. The van der Waals surface area contributed by atoms with Gasteiger partial charge in [0.1, 0.15) is 11.4 Å². The van der Waals surface area contributed by atoms with Crippen LogP contribution in [0, 0.1) is 20.8 Å². The molecule has 2 heterocycles. The summed E-state index contributed by atoms with van der Waals surface area (Å²) in [5.41, 5.74) is 7.38. The van der Waals surface area contributed by atoms with Crippen LogP contribution in [-0.4, -0.2) is 32.1 Å². The molecule has 0 radical (unpaired) electrons. The van der Waals surface area contributed by atoms with Gasteiger partial charge in [-0.05, 0) is 61.4 Å². The highest BCUT2D eigenvalue weighted by molar-refractivity contribution is 5.89. The van der Waals surface area contributed by atoms with Gasteiger partial charge in [-0.2, -0.15) is 0 Å². The van der Waals surface area contributed by atoms with Crippen LogP contribution in [0.4, 0.5) is 0 Å². The van der Waals surface area contributed by atoms with E-state index in [0.29, 0.717) is 12.8 Å². The lowest BCUT2D eigenvalue weighted by Crippen LogP contribution is -2.10. The molecule has 0 aliphatic rings. The summed E-state index contributed by atoms with van der Waals surface area (Å²) in [4.78, 5) is 29.9. The molecule has 4 N–H and O–H groups in total. The van der Waals surface area contributed by atoms with Crippen LogP contribution in [0.1, 0.15) is 85.5 Å². The Hall–Kier alpha value is -3.28. The average Bonchev–Trinajstić information content (AvgIpc) is 3.20. The second kappa shape index (κ2) is 8.22. The molecule has 0 fully saturated rings. The van der Waals surface area contributed by atoms with E-state index in [1.165, 1.54) is 0 Å². The number of nitrogens with one attached hydrogen (secondary N) is 2. The SMILES string of the molecule is CCc1c(C(c2ccc(C)cc2)c2[nH]c(C(=O)O)c(C)c2CC)[nH]c(C(=O)O)c1C. The Morgan fingerprint density at radius 2 is 1.20 bits per heavy atom. The maximum atomic E-state index is 11.8. The van der Waals surface area contributed by atoms with Crippen molar-refractivity contribution in [2.45, 2.75) is 53.4 Å². The van der Waals surface area contributed by atoms with Crippen molar-refractivity contribution in [3.05, 3.63) is 80.4 Å². The van der Waals surface area contributed by atoms with Crippen molar-refractivity contribution >= 4 is 11.9 Å². The standard InChI is InChI=1S/C24H28N2O4/c1-6-16-13(4)19(23(27)28)25-21(16)18(15-10-8-12(3)9-11-15)22-17(7-2)14(5)20(26-22)24(29)30/h8-11,18,25-26H,6-7H2,1-5H3,(H,27,28)(H,29,30). The molecule has 0 saturated heterocycles. The van der Waals surface area contributed by atoms with Crippen LogP contribution in [0.2, 0.25) is 0 Å². The van der Waals surface area contributed by atoms with Gasteiger partial charge in [0.25, 0.3) is 0 Å². The summed E-state index contributed by atoms with van der Waals surface area (Å²) < 4.78 is 0. The van der Waals surface area contributed by atoms with Gasteiger partial charge in [-0.3, -0.25) is 0 Å². The Balaban J connectivity index is 2.36. The maximum absolute atomic E-state index is 11.8. The molecule has 158 valence electrons. The Labute approximate surface area is 176 Å². The molecular weight excluding hydrogens is 380 g/mol. The number of rotatable bonds is 7. The van der Waals surface area contributed by atoms with E-state index in [4.69, 9.17) is 0 Å². The van der Waals surface area contributed by atoms with Gasteiger partial charge in [0.2, 0.25) is 0 Å². The first-order chi connectivity index (χ1) is 14.2. The number of aromatic nitrogens is 2. The Bertz CT molecular complexity index is 1040. The second-order valence-corrected chi connectivity index (χ2v) is 7.70. The third kappa shape index (κ3) is 3.54. The molecule has 1 aromatic carbocycles. The van der Waals surface area contributed by atoms with E-state index in [2.05, 4.69) is 9.97 Å². The highest BCUT2D eigenvalue weighted by atomic mass is 16.4. The van der Waals surface area contributed by atoms with Gasteiger partial charge in [0.05, 0.1) is 5.92 Å². The summed E-state index contributed by atoms with van der Waals surface area (Å²) in [6.07, 6.45) is 1.33. The van der Waals surface area contributed by atoms with Crippen LogP contribution >= 0.6 is 0 Å². The van der Waals surface area contributed by atoms with Crippen LogP contribution in [-0.2, 0) is 12.8 Å². The lowest BCUT2D eigenvalue weighted by Gasteiger charge is -2.20. The number of aryl methyl sites for hydroxylation is 1. The molecule has 30 heavy (non-hydrogen) atoms. The Kier molecular flexibility index (Phi) is 5.87. The van der Waals surface area contributed by atoms with Crippen LogP contribution in [0.25, 0.3) is 0 Å². The lowest BCUT2D eigenvalue weighted by molar-refractivity contribution is 0.0679. The minimum atomic E-state index is -0.999. The van der Waals surface area contributed by atoms with Gasteiger partial charge in [0.15, 0.2) is 0 Å². The van der Waals surface area contributed by atoms with Gasteiger partial charge in [-0.1, -0.05) is 43.7 Å². The van der Waals surface area contributed by atoms with Gasteiger partial charge >= 0.3 is 11.9 Å².